The van der Waals surface area contributed by atoms with Crippen LogP contribution in [-0.2, 0) is 0 Å². The summed E-state index contributed by atoms with van der Waals surface area (Å²) in [6, 6.07) is 2.02. The molecular formula is C19H28N4O2. The number of carbonyl (C=O) groups excluding carboxylic acids is 1. The van der Waals surface area contributed by atoms with Crippen molar-refractivity contribution in [1.29, 1.82) is 0 Å². The molecule has 2 N–H and O–H groups in total. The molecule has 0 spiro atoms. The Hall–Kier alpha value is -1.95. The summed E-state index contributed by atoms with van der Waals surface area (Å²) in [5, 5.41) is 18.6. The molecule has 6 nitrogen and oxygen atoms in total. The zero-order chi connectivity index (χ0) is 18.2. The van der Waals surface area contributed by atoms with Crippen molar-refractivity contribution in [1.82, 2.24) is 20.1 Å². The standard InChI is InChI=1S/C19H28N4O2/c1-12(2)16-9-14(15-10-21-23(13(3)4)17(15)22-16)18(24)20-11-19(25)7-5-6-8-19/h9-10,12-13,25H,5-8,11H2,1-4H3,(H,20,24). The van der Waals surface area contributed by atoms with Crippen LogP contribution in [0.1, 0.15) is 81.4 Å². The minimum absolute atomic E-state index is 0.169. The van der Waals surface area contributed by atoms with E-state index in [0.29, 0.717) is 12.1 Å². The molecule has 1 saturated carbocycles. The molecule has 2 aromatic heterocycles. The van der Waals surface area contributed by atoms with Crippen molar-refractivity contribution in [2.45, 2.75) is 70.9 Å². The first kappa shape index (κ1) is 17.9. The molecule has 25 heavy (non-hydrogen) atoms. The Bertz CT molecular complexity index is 773. The number of fused-ring (bicyclic) bond motifs is 1. The maximum atomic E-state index is 12.8. The van der Waals surface area contributed by atoms with Gasteiger partial charge in [-0.2, -0.15) is 5.10 Å². The van der Waals surface area contributed by atoms with E-state index in [1.165, 1.54) is 0 Å². The minimum atomic E-state index is -0.759. The van der Waals surface area contributed by atoms with E-state index in [0.717, 1.165) is 42.4 Å². The highest BCUT2D eigenvalue weighted by Crippen LogP contribution is 2.29. The van der Waals surface area contributed by atoms with E-state index >= 15 is 0 Å². The minimum Gasteiger partial charge on any atom is -0.388 e. The van der Waals surface area contributed by atoms with Crippen molar-refractivity contribution in [3.05, 3.63) is 23.5 Å². The molecule has 0 aliphatic heterocycles. The van der Waals surface area contributed by atoms with E-state index in [-0.39, 0.29) is 17.9 Å². The number of carbonyl (C=O) groups is 1. The normalized spacial score (nSPS) is 16.9. The van der Waals surface area contributed by atoms with Gasteiger partial charge in [-0.05, 0) is 38.7 Å². The van der Waals surface area contributed by atoms with Gasteiger partial charge >= 0.3 is 0 Å². The number of hydrogen-bond acceptors (Lipinski definition) is 4. The lowest BCUT2D eigenvalue weighted by atomic mass is 10.0. The van der Waals surface area contributed by atoms with Crippen LogP contribution >= 0.6 is 0 Å². The van der Waals surface area contributed by atoms with Crippen LogP contribution in [0.15, 0.2) is 12.3 Å². The van der Waals surface area contributed by atoms with Gasteiger partial charge in [0, 0.05) is 18.3 Å². The van der Waals surface area contributed by atoms with Crippen LogP contribution < -0.4 is 5.32 Å². The molecule has 0 atom stereocenters. The van der Waals surface area contributed by atoms with Gasteiger partial charge in [0.05, 0.1) is 22.7 Å². The molecule has 2 aromatic rings. The molecule has 1 aliphatic rings. The van der Waals surface area contributed by atoms with Crippen molar-refractivity contribution in [3.63, 3.8) is 0 Å². The summed E-state index contributed by atoms with van der Waals surface area (Å²) in [5.41, 5.74) is 1.44. The highest BCUT2D eigenvalue weighted by molar-refractivity contribution is 6.05. The summed E-state index contributed by atoms with van der Waals surface area (Å²) in [4.78, 5) is 17.5. The fourth-order valence-electron chi connectivity index (χ4n) is 3.45. The van der Waals surface area contributed by atoms with Crippen LogP contribution in [0.3, 0.4) is 0 Å². The number of nitrogens with one attached hydrogen (secondary N) is 1. The number of aliphatic hydroxyl groups is 1. The first-order valence-electron chi connectivity index (χ1n) is 9.19. The van der Waals surface area contributed by atoms with Gasteiger partial charge in [0.25, 0.3) is 5.91 Å². The maximum Gasteiger partial charge on any atom is 0.252 e. The van der Waals surface area contributed by atoms with Crippen LogP contribution in [0.2, 0.25) is 0 Å². The van der Waals surface area contributed by atoms with Crippen LogP contribution in [-0.4, -0.2) is 37.9 Å². The molecule has 1 fully saturated rings. The molecule has 0 aromatic carbocycles. The third-order valence-corrected chi connectivity index (χ3v) is 5.02. The average molecular weight is 344 g/mol. The fourth-order valence-corrected chi connectivity index (χ4v) is 3.45. The summed E-state index contributed by atoms with van der Waals surface area (Å²) in [6.07, 6.45) is 5.25. The lowest BCUT2D eigenvalue weighted by molar-refractivity contribution is 0.0450. The molecule has 1 amide bonds. The van der Waals surface area contributed by atoms with Gasteiger partial charge in [-0.1, -0.05) is 26.7 Å². The highest BCUT2D eigenvalue weighted by atomic mass is 16.3. The molecule has 0 radical (unpaired) electrons. The number of rotatable bonds is 5. The Balaban J connectivity index is 1.94. The number of aromatic nitrogens is 3. The lowest BCUT2D eigenvalue weighted by Crippen LogP contribution is -2.40. The Kier molecular flexibility index (Phi) is 4.82. The van der Waals surface area contributed by atoms with Crippen molar-refractivity contribution < 1.29 is 9.90 Å². The molecule has 0 saturated heterocycles. The SMILES string of the molecule is CC(C)c1cc(C(=O)NCC2(O)CCCC2)c2cnn(C(C)C)c2n1. The molecule has 2 heterocycles. The van der Waals surface area contributed by atoms with Crippen LogP contribution in [0.25, 0.3) is 11.0 Å². The van der Waals surface area contributed by atoms with E-state index in [1.807, 2.05) is 24.6 Å². The number of pyridine rings is 1. The Labute approximate surface area is 148 Å². The number of amides is 1. The maximum absolute atomic E-state index is 12.8. The second-order valence-corrected chi connectivity index (χ2v) is 7.78. The number of hydrogen-bond donors (Lipinski definition) is 2. The lowest BCUT2D eigenvalue weighted by Gasteiger charge is -2.22. The first-order chi connectivity index (χ1) is 11.8. The molecule has 136 valence electrons. The third kappa shape index (κ3) is 3.54. The van der Waals surface area contributed by atoms with Gasteiger partial charge < -0.3 is 10.4 Å². The second-order valence-electron chi connectivity index (χ2n) is 7.78. The van der Waals surface area contributed by atoms with Crippen LogP contribution in [0.4, 0.5) is 0 Å². The Morgan fingerprint density at radius 3 is 2.60 bits per heavy atom. The molecule has 0 unspecified atom stereocenters. The molecule has 1 aliphatic carbocycles. The molecular weight excluding hydrogens is 316 g/mol. The summed E-state index contributed by atoms with van der Waals surface area (Å²) in [5.74, 6) is 0.0448. The molecule has 0 bridgehead atoms. The first-order valence-corrected chi connectivity index (χ1v) is 9.19. The van der Waals surface area contributed by atoms with E-state index < -0.39 is 5.60 Å². The van der Waals surface area contributed by atoms with E-state index in [1.54, 1.807) is 6.20 Å². The predicted molar refractivity (Wildman–Crippen MR) is 97.8 cm³/mol. The quantitative estimate of drug-likeness (QED) is 0.873. The summed E-state index contributed by atoms with van der Waals surface area (Å²) in [6.45, 7) is 8.52. The number of nitrogens with zero attached hydrogens (tertiary/aromatic N) is 3. The van der Waals surface area contributed by atoms with E-state index in [2.05, 4.69) is 24.3 Å². The summed E-state index contributed by atoms with van der Waals surface area (Å²) in [7, 11) is 0. The van der Waals surface area contributed by atoms with E-state index in [4.69, 9.17) is 4.98 Å². The molecule has 3 rings (SSSR count). The van der Waals surface area contributed by atoms with Gasteiger partial charge in [0.1, 0.15) is 0 Å². The molecule has 6 heteroatoms. The summed E-state index contributed by atoms with van der Waals surface area (Å²) >= 11 is 0. The van der Waals surface area contributed by atoms with Crippen LogP contribution in [0, 0.1) is 0 Å². The van der Waals surface area contributed by atoms with Crippen molar-refractivity contribution in [2.24, 2.45) is 0 Å². The fraction of sp³-hybridized carbons (Fsp3) is 0.632. The Morgan fingerprint density at radius 1 is 1.32 bits per heavy atom. The monoisotopic (exact) mass is 344 g/mol. The topological polar surface area (TPSA) is 80.0 Å². The second kappa shape index (κ2) is 6.75. The van der Waals surface area contributed by atoms with Gasteiger partial charge in [-0.3, -0.25) is 4.79 Å². The van der Waals surface area contributed by atoms with Gasteiger partial charge in [0.15, 0.2) is 5.65 Å². The van der Waals surface area contributed by atoms with Crippen molar-refractivity contribution in [3.8, 4) is 0 Å². The third-order valence-electron chi connectivity index (χ3n) is 5.02. The van der Waals surface area contributed by atoms with Crippen molar-refractivity contribution in [2.75, 3.05) is 6.54 Å². The zero-order valence-corrected chi connectivity index (χ0v) is 15.5. The van der Waals surface area contributed by atoms with Crippen LogP contribution in [0.5, 0.6) is 0 Å². The Morgan fingerprint density at radius 2 is 2.00 bits per heavy atom. The highest BCUT2D eigenvalue weighted by Gasteiger charge is 2.31. The van der Waals surface area contributed by atoms with Gasteiger partial charge in [-0.25, -0.2) is 9.67 Å². The predicted octanol–water partition coefficient (Wildman–Crippen LogP) is 3.17. The zero-order valence-electron chi connectivity index (χ0n) is 15.5. The average Bonchev–Trinajstić information content (AvgIpc) is 3.18. The van der Waals surface area contributed by atoms with E-state index in [9.17, 15) is 9.90 Å². The smallest absolute Gasteiger partial charge is 0.252 e. The van der Waals surface area contributed by atoms with Gasteiger partial charge in [-0.15, -0.1) is 0 Å². The van der Waals surface area contributed by atoms with Crippen molar-refractivity contribution >= 4 is 16.9 Å². The van der Waals surface area contributed by atoms with Gasteiger partial charge in [0.2, 0.25) is 0 Å². The summed E-state index contributed by atoms with van der Waals surface area (Å²) < 4.78 is 1.85. The largest absolute Gasteiger partial charge is 0.388 e.